The Kier molecular flexibility index (Phi) is 6.89. The third kappa shape index (κ3) is 5.80. The Hall–Kier alpha value is -0.860. The number of rotatable bonds is 6. The molecule has 8 heteroatoms. The topological polar surface area (TPSA) is 55.8 Å². The van der Waals surface area contributed by atoms with E-state index in [2.05, 4.69) is 4.90 Å². The number of hydrogen-bond donors (Lipinski definition) is 2. The van der Waals surface area contributed by atoms with E-state index in [1.807, 2.05) is 17.1 Å². The molecule has 1 heterocycles. The Morgan fingerprint density at radius 1 is 1.24 bits per heavy atom. The lowest BCUT2D eigenvalue weighted by Gasteiger charge is -2.40. The summed E-state index contributed by atoms with van der Waals surface area (Å²) in [6, 6.07) is -0.467. The molecule has 1 saturated heterocycles. The Bertz CT molecular complexity index is 327. The summed E-state index contributed by atoms with van der Waals surface area (Å²) in [6.07, 6.45) is -3.54. The Morgan fingerprint density at radius 2 is 1.76 bits per heavy atom. The van der Waals surface area contributed by atoms with Crippen molar-refractivity contribution in [3.8, 4) is 0 Å². The van der Waals surface area contributed by atoms with Crippen molar-refractivity contribution in [2.75, 3.05) is 39.3 Å². The van der Waals surface area contributed by atoms with E-state index in [-0.39, 0.29) is 12.6 Å². The molecule has 1 aliphatic rings. The van der Waals surface area contributed by atoms with Crippen LogP contribution in [0.25, 0.3) is 0 Å². The van der Waals surface area contributed by atoms with Gasteiger partial charge in [0, 0.05) is 32.2 Å². The SMILES string of the molecule is CCC(CO)N1CCN(C(C)C(=O)NCC(F)(F)F)CC1. The van der Waals surface area contributed by atoms with Crippen molar-refractivity contribution >= 4 is 5.91 Å². The Morgan fingerprint density at radius 3 is 2.19 bits per heavy atom. The first kappa shape index (κ1) is 18.2. The average Bonchev–Trinajstić information content (AvgIpc) is 2.45. The van der Waals surface area contributed by atoms with Gasteiger partial charge in [-0.25, -0.2) is 0 Å². The third-order valence-electron chi connectivity index (χ3n) is 3.94. The number of aliphatic hydroxyl groups excluding tert-OH is 1. The quantitative estimate of drug-likeness (QED) is 0.747. The summed E-state index contributed by atoms with van der Waals surface area (Å²) >= 11 is 0. The summed E-state index contributed by atoms with van der Waals surface area (Å²) in [4.78, 5) is 15.7. The Labute approximate surface area is 123 Å². The molecule has 0 aliphatic carbocycles. The minimum absolute atomic E-state index is 0.0954. The smallest absolute Gasteiger partial charge is 0.395 e. The predicted molar refractivity (Wildman–Crippen MR) is 72.8 cm³/mol. The molecule has 1 aliphatic heterocycles. The summed E-state index contributed by atoms with van der Waals surface area (Å²) in [5.74, 6) is -0.602. The standard InChI is InChI=1S/C13H24F3N3O2/c1-3-11(8-20)19-6-4-18(5-7-19)10(2)12(21)17-9-13(14,15)16/h10-11,20H,3-9H2,1-2H3,(H,17,21). The highest BCUT2D eigenvalue weighted by Crippen LogP contribution is 2.14. The van der Waals surface area contributed by atoms with Gasteiger partial charge in [-0.05, 0) is 13.3 Å². The number of nitrogens with one attached hydrogen (secondary N) is 1. The van der Waals surface area contributed by atoms with Gasteiger partial charge < -0.3 is 10.4 Å². The van der Waals surface area contributed by atoms with Crippen LogP contribution in [0.3, 0.4) is 0 Å². The van der Waals surface area contributed by atoms with Gasteiger partial charge in [-0.3, -0.25) is 14.6 Å². The molecule has 0 saturated carbocycles. The predicted octanol–water partition coefficient (Wildman–Crippen LogP) is 0.442. The summed E-state index contributed by atoms with van der Waals surface area (Å²) in [5, 5.41) is 11.2. The van der Waals surface area contributed by atoms with E-state index in [4.69, 9.17) is 0 Å². The summed E-state index contributed by atoms with van der Waals surface area (Å²) in [5.41, 5.74) is 0. The lowest BCUT2D eigenvalue weighted by molar-refractivity contribution is -0.141. The van der Waals surface area contributed by atoms with Crippen LogP contribution in [0.15, 0.2) is 0 Å². The van der Waals surface area contributed by atoms with E-state index >= 15 is 0 Å². The third-order valence-corrected chi connectivity index (χ3v) is 3.94. The normalized spacial score (nSPS) is 21.0. The van der Waals surface area contributed by atoms with Crippen LogP contribution in [0, 0.1) is 0 Å². The maximum absolute atomic E-state index is 12.1. The molecule has 124 valence electrons. The van der Waals surface area contributed by atoms with E-state index < -0.39 is 24.7 Å². The molecule has 2 atom stereocenters. The van der Waals surface area contributed by atoms with Crippen molar-refractivity contribution in [3.05, 3.63) is 0 Å². The molecule has 1 fully saturated rings. The zero-order valence-corrected chi connectivity index (χ0v) is 12.5. The first-order valence-corrected chi connectivity index (χ1v) is 7.22. The van der Waals surface area contributed by atoms with E-state index in [9.17, 15) is 23.1 Å². The van der Waals surface area contributed by atoms with Gasteiger partial charge in [-0.15, -0.1) is 0 Å². The fourth-order valence-electron chi connectivity index (χ4n) is 2.49. The van der Waals surface area contributed by atoms with Crippen LogP contribution in [-0.4, -0.2) is 78.4 Å². The minimum Gasteiger partial charge on any atom is -0.395 e. The molecule has 2 unspecified atom stereocenters. The molecule has 0 aromatic rings. The lowest BCUT2D eigenvalue weighted by Crippen LogP contribution is -2.56. The molecule has 2 N–H and O–H groups in total. The molecular formula is C13H24F3N3O2. The molecule has 0 bridgehead atoms. The number of halogens is 3. The average molecular weight is 311 g/mol. The first-order chi connectivity index (χ1) is 9.78. The summed E-state index contributed by atoms with van der Waals surface area (Å²) < 4.78 is 36.2. The fourth-order valence-corrected chi connectivity index (χ4v) is 2.49. The Balaban J connectivity index is 2.41. The molecule has 21 heavy (non-hydrogen) atoms. The molecule has 0 aromatic carbocycles. The minimum atomic E-state index is -4.39. The van der Waals surface area contributed by atoms with Gasteiger partial charge in [0.2, 0.25) is 5.91 Å². The zero-order valence-electron chi connectivity index (χ0n) is 12.5. The number of carbonyl (C=O) groups is 1. The van der Waals surface area contributed by atoms with E-state index in [0.29, 0.717) is 26.2 Å². The fraction of sp³-hybridized carbons (Fsp3) is 0.923. The lowest BCUT2D eigenvalue weighted by atomic mass is 10.1. The van der Waals surface area contributed by atoms with Crippen LogP contribution < -0.4 is 5.32 Å². The molecule has 0 radical (unpaired) electrons. The number of alkyl halides is 3. The number of hydrogen-bond acceptors (Lipinski definition) is 4. The van der Waals surface area contributed by atoms with Gasteiger partial charge in [-0.1, -0.05) is 6.92 Å². The largest absolute Gasteiger partial charge is 0.405 e. The number of aliphatic hydroxyl groups is 1. The van der Waals surface area contributed by atoms with Crippen molar-refractivity contribution in [3.63, 3.8) is 0 Å². The zero-order chi connectivity index (χ0) is 16.0. The van der Waals surface area contributed by atoms with Crippen LogP contribution in [0.5, 0.6) is 0 Å². The van der Waals surface area contributed by atoms with Crippen molar-refractivity contribution < 1.29 is 23.1 Å². The van der Waals surface area contributed by atoms with Crippen molar-refractivity contribution in [2.24, 2.45) is 0 Å². The number of carbonyl (C=O) groups excluding carboxylic acids is 1. The van der Waals surface area contributed by atoms with Crippen molar-refractivity contribution in [1.82, 2.24) is 15.1 Å². The highest BCUT2D eigenvalue weighted by molar-refractivity contribution is 5.81. The number of amides is 1. The van der Waals surface area contributed by atoms with Crippen molar-refractivity contribution in [1.29, 1.82) is 0 Å². The van der Waals surface area contributed by atoms with Gasteiger partial charge in [0.05, 0.1) is 12.6 Å². The van der Waals surface area contributed by atoms with Gasteiger partial charge in [0.1, 0.15) is 6.54 Å². The summed E-state index contributed by atoms with van der Waals surface area (Å²) in [7, 11) is 0. The second kappa shape index (κ2) is 7.95. The van der Waals surface area contributed by atoms with Gasteiger partial charge in [0.15, 0.2) is 0 Å². The summed E-state index contributed by atoms with van der Waals surface area (Å²) in [6.45, 7) is 5.04. The van der Waals surface area contributed by atoms with E-state index in [1.165, 1.54) is 0 Å². The second-order valence-corrected chi connectivity index (χ2v) is 5.33. The van der Waals surface area contributed by atoms with E-state index in [1.54, 1.807) is 6.92 Å². The van der Waals surface area contributed by atoms with Gasteiger partial charge >= 0.3 is 6.18 Å². The molecule has 5 nitrogen and oxygen atoms in total. The van der Waals surface area contributed by atoms with Crippen LogP contribution in [0.4, 0.5) is 13.2 Å². The monoisotopic (exact) mass is 311 g/mol. The van der Waals surface area contributed by atoms with Crippen LogP contribution in [0.2, 0.25) is 0 Å². The van der Waals surface area contributed by atoms with Crippen LogP contribution >= 0.6 is 0 Å². The molecule has 1 amide bonds. The van der Waals surface area contributed by atoms with Gasteiger partial charge in [-0.2, -0.15) is 13.2 Å². The van der Waals surface area contributed by atoms with Gasteiger partial charge in [0.25, 0.3) is 0 Å². The maximum atomic E-state index is 12.1. The van der Waals surface area contributed by atoms with Crippen LogP contribution in [0.1, 0.15) is 20.3 Å². The number of piperazine rings is 1. The molecular weight excluding hydrogens is 287 g/mol. The molecule has 1 rings (SSSR count). The highest BCUT2D eigenvalue weighted by Gasteiger charge is 2.31. The molecule has 0 aromatic heterocycles. The molecule has 0 spiro atoms. The highest BCUT2D eigenvalue weighted by atomic mass is 19.4. The maximum Gasteiger partial charge on any atom is 0.405 e. The first-order valence-electron chi connectivity index (χ1n) is 7.22. The second-order valence-electron chi connectivity index (χ2n) is 5.33. The van der Waals surface area contributed by atoms with Crippen molar-refractivity contribution in [2.45, 2.75) is 38.5 Å². The van der Waals surface area contributed by atoms with E-state index in [0.717, 1.165) is 6.42 Å². The van der Waals surface area contributed by atoms with Crippen LogP contribution in [-0.2, 0) is 4.79 Å². The number of nitrogens with zero attached hydrogens (tertiary/aromatic N) is 2.